The van der Waals surface area contributed by atoms with Crippen LogP contribution >= 0.6 is 0 Å². The van der Waals surface area contributed by atoms with E-state index in [4.69, 9.17) is 19.2 Å². The highest BCUT2D eigenvalue weighted by Gasteiger charge is 2.28. The zero-order valence-electron chi connectivity index (χ0n) is 22.3. The number of aromatic nitrogens is 2. The Hall–Kier alpha value is -3.82. The van der Waals surface area contributed by atoms with Gasteiger partial charge in [0.1, 0.15) is 18.5 Å². The summed E-state index contributed by atoms with van der Waals surface area (Å²) in [5.74, 6) is 2.19. The Kier molecular flexibility index (Phi) is 8.48. The monoisotopic (exact) mass is 534 g/mol. The maximum absolute atomic E-state index is 13.5. The lowest BCUT2D eigenvalue weighted by Gasteiger charge is -2.39. The molecule has 0 bridgehead atoms. The van der Waals surface area contributed by atoms with Crippen molar-refractivity contribution in [2.24, 2.45) is 0 Å². The minimum absolute atomic E-state index is 0.131. The predicted octanol–water partition coefficient (Wildman–Crippen LogP) is 4.63. The maximum atomic E-state index is 13.5. The van der Waals surface area contributed by atoms with Crippen LogP contribution in [0.5, 0.6) is 17.2 Å². The minimum atomic E-state index is -0.665. The van der Waals surface area contributed by atoms with Crippen molar-refractivity contribution < 1.29 is 23.7 Å². The van der Waals surface area contributed by atoms with Crippen LogP contribution < -0.4 is 19.1 Å². The van der Waals surface area contributed by atoms with E-state index in [1.54, 1.807) is 26.4 Å². The molecule has 1 saturated heterocycles. The van der Waals surface area contributed by atoms with Crippen molar-refractivity contribution in [2.75, 3.05) is 45.4 Å². The summed E-state index contributed by atoms with van der Waals surface area (Å²) >= 11 is 0. The zero-order valence-corrected chi connectivity index (χ0v) is 22.3. The lowest BCUT2D eigenvalue weighted by atomic mass is 10.0. The maximum Gasteiger partial charge on any atom is 0.204 e. The average Bonchev–Trinajstić information content (AvgIpc) is 3.40. The fraction of sp³-hybridized carbons (Fsp3) is 0.367. The number of hydrogen-bond acceptors (Lipinski definition) is 7. The molecule has 0 aliphatic carbocycles. The number of piperidine rings is 1. The first-order valence-corrected chi connectivity index (χ1v) is 13.2. The van der Waals surface area contributed by atoms with Gasteiger partial charge in [-0.1, -0.05) is 30.3 Å². The van der Waals surface area contributed by atoms with Gasteiger partial charge in [-0.15, -0.1) is 0 Å². The van der Waals surface area contributed by atoms with Gasteiger partial charge >= 0.3 is 0 Å². The number of aromatic amines is 1. The van der Waals surface area contributed by atoms with Crippen molar-refractivity contribution in [2.45, 2.75) is 31.5 Å². The molecular weight excluding hydrogens is 499 g/mol. The summed E-state index contributed by atoms with van der Waals surface area (Å²) in [6, 6.07) is 20.3. The smallest absolute Gasteiger partial charge is 0.204 e. The van der Waals surface area contributed by atoms with E-state index in [-0.39, 0.29) is 18.5 Å². The number of aliphatic hydroxyl groups excluding tert-OH is 1. The third-order valence-electron chi connectivity index (χ3n) is 7.18. The van der Waals surface area contributed by atoms with Gasteiger partial charge in [-0.3, -0.25) is 0 Å². The summed E-state index contributed by atoms with van der Waals surface area (Å²) in [5, 5.41) is 10.7. The molecule has 1 aromatic heterocycles. The van der Waals surface area contributed by atoms with E-state index in [1.807, 2.05) is 42.5 Å². The molecule has 1 unspecified atom stereocenters. The molecule has 0 radical (unpaired) electrons. The highest BCUT2D eigenvalue weighted by Crippen LogP contribution is 2.36. The fourth-order valence-corrected chi connectivity index (χ4v) is 5.14. The SMILES string of the molecule is COc1cccc(OC)c1OCC(O)CN1CCC(N(Cc2ccc(F)cc2)c2nc3ccccc3[nH]2)CC1. The van der Waals surface area contributed by atoms with Crippen molar-refractivity contribution in [1.29, 1.82) is 0 Å². The molecule has 1 aliphatic heterocycles. The number of nitrogens with zero attached hydrogens (tertiary/aromatic N) is 3. The van der Waals surface area contributed by atoms with Crippen LogP contribution in [0.4, 0.5) is 10.3 Å². The topological polar surface area (TPSA) is 83.1 Å². The second-order valence-electron chi connectivity index (χ2n) is 9.82. The number of likely N-dealkylation sites (tertiary alicyclic amines) is 1. The van der Waals surface area contributed by atoms with Gasteiger partial charge in [0.25, 0.3) is 0 Å². The van der Waals surface area contributed by atoms with E-state index in [2.05, 4.69) is 14.8 Å². The van der Waals surface area contributed by atoms with Gasteiger partial charge in [0.2, 0.25) is 11.7 Å². The number of para-hydroxylation sites is 3. The number of imidazole rings is 1. The van der Waals surface area contributed by atoms with E-state index < -0.39 is 6.10 Å². The van der Waals surface area contributed by atoms with Crippen molar-refractivity contribution in [3.63, 3.8) is 0 Å². The second-order valence-corrected chi connectivity index (χ2v) is 9.82. The summed E-state index contributed by atoms with van der Waals surface area (Å²) in [4.78, 5) is 12.9. The van der Waals surface area contributed by atoms with Gasteiger partial charge in [-0.05, 0) is 54.8 Å². The standard InChI is InChI=1S/C30H35FN4O4/c1-37-27-8-5-9-28(38-2)29(27)39-20-24(36)19-34-16-14-23(15-17-34)35(18-21-10-12-22(31)13-11-21)30-32-25-6-3-4-7-26(25)33-30/h3-13,23-24,36H,14-20H2,1-2H3,(H,32,33). The molecule has 0 amide bonds. The summed E-state index contributed by atoms with van der Waals surface area (Å²) < 4.78 is 30.2. The van der Waals surface area contributed by atoms with E-state index in [9.17, 15) is 9.50 Å². The Morgan fingerprint density at radius 1 is 1.00 bits per heavy atom. The summed E-state index contributed by atoms with van der Waals surface area (Å²) in [6.45, 7) is 2.93. The van der Waals surface area contributed by atoms with Gasteiger partial charge in [0, 0.05) is 32.2 Å². The number of fused-ring (bicyclic) bond motifs is 1. The number of aliphatic hydroxyl groups is 1. The van der Waals surface area contributed by atoms with Crippen molar-refractivity contribution in [3.8, 4) is 17.2 Å². The molecule has 1 aliphatic rings. The number of H-pyrrole nitrogens is 1. The largest absolute Gasteiger partial charge is 0.493 e. The van der Waals surface area contributed by atoms with Crippen LogP contribution in [0, 0.1) is 5.82 Å². The highest BCUT2D eigenvalue weighted by molar-refractivity contribution is 5.77. The van der Waals surface area contributed by atoms with E-state index in [0.29, 0.717) is 30.3 Å². The zero-order chi connectivity index (χ0) is 27.2. The summed E-state index contributed by atoms with van der Waals surface area (Å²) in [5.41, 5.74) is 2.94. The summed E-state index contributed by atoms with van der Waals surface area (Å²) in [6.07, 6.45) is 1.15. The Morgan fingerprint density at radius 2 is 1.69 bits per heavy atom. The second kappa shape index (κ2) is 12.4. The lowest BCUT2D eigenvalue weighted by molar-refractivity contribution is 0.0574. The molecular formula is C30H35FN4O4. The number of nitrogens with one attached hydrogen (secondary N) is 1. The normalized spacial score (nSPS) is 15.3. The number of anilines is 1. The number of hydrogen-bond donors (Lipinski definition) is 2. The average molecular weight is 535 g/mol. The molecule has 8 nitrogen and oxygen atoms in total. The fourth-order valence-electron chi connectivity index (χ4n) is 5.14. The predicted molar refractivity (Wildman–Crippen MR) is 149 cm³/mol. The molecule has 1 fully saturated rings. The molecule has 9 heteroatoms. The van der Waals surface area contributed by atoms with E-state index in [1.165, 1.54) is 12.1 Å². The molecule has 206 valence electrons. The number of β-amino-alcohol motifs (C(OH)–C–C–N with tert-alkyl or cyclic N) is 1. The van der Waals surface area contributed by atoms with Crippen molar-refractivity contribution >= 4 is 17.0 Å². The molecule has 2 N–H and O–H groups in total. The number of methoxy groups -OCH3 is 2. The highest BCUT2D eigenvalue weighted by atomic mass is 19.1. The lowest BCUT2D eigenvalue weighted by Crippen LogP contribution is -2.47. The van der Waals surface area contributed by atoms with E-state index in [0.717, 1.165) is 48.5 Å². The molecule has 0 spiro atoms. The Bertz CT molecular complexity index is 1300. The number of ether oxygens (including phenoxy) is 3. The number of rotatable bonds is 11. The molecule has 1 atom stereocenters. The summed E-state index contributed by atoms with van der Waals surface area (Å²) in [7, 11) is 3.15. The van der Waals surface area contributed by atoms with Crippen LogP contribution in [-0.2, 0) is 6.54 Å². The van der Waals surface area contributed by atoms with E-state index >= 15 is 0 Å². The van der Waals surface area contributed by atoms with Crippen LogP contribution in [0.2, 0.25) is 0 Å². The molecule has 5 rings (SSSR count). The van der Waals surface area contributed by atoms with Gasteiger partial charge in [-0.2, -0.15) is 0 Å². The first kappa shape index (κ1) is 26.8. The van der Waals surface area contributed by atoms with Crippen LogP contribution in [0.1, 0.15) is 18.4 Å². The van der Waals surface area contributed by atoms with Gasteiger partial charge in [0.05, 0.1) is 25.3 Å². The molecule has 2 heterocycles. The van der Waals surface area contributed by atoms with Crippen LogP contribution in [0.3, 0.4) is 0 Å². The van der Waals surface area contributed by atoms with Crippen molar-refractivity contribution in [3.05, 3.63) is 78.1 Å². The minimum Gasteiger partial charge on any atom is -0.493 e. The first-order chi connectivity index (χ1) is 19.0. The van der Waals surface area contributed by atoms with Gasteiger partial charge < -0.3 is 34.1 Å². The Balaban J connectivity index is 1.21. The molecule has 4 aromatic rings. The molecule has 39 heavy (non-hydrogen) atoms. The third-order valence-corrected chi connectivity index (χ3v) is 7.18. The quantitative estimate of drug-likeness (QED) is 0.290. The van der Waals surface area contributed by atoms with Crippen molar-refractivity contribution in [1.82, 2.24) is 14.9 Å². The van der Waals surface area contributed by atoms with Crippen LogP contribution in [0.25, 0.3) is 11.0 Å². The van der Waals surface area contributed by atoms with Crippen LogP contribution in [-0.4, -0.2) is 72.6 Å². The molecule has 0 saturated carbocycles. The number of halogens is 1. The Morgan fingerprint density at radius 3 is 2.36 bits per heavy atom. The molecule has 3 aromatic carbocycles. The third kappa shape index (κ3) is 6.43. The number of benzene rings is 3. The first-order valence-electron chi connectivity index (χ1n) is 13.2. The Labute approximate surface area is 227 Å². The van der Waals surface area contributed by atoms with Crippen LogP contribution in [0.15, 0.2) is 66.7 Å². The van der Waals surface area contributed by atoms with Gasteiger partial charge in [-0.25, -0.2) is 9.37 Å². The van der Waals surface area contributed by atoms with Gasteiger partial charge in [0.15, 0.2) is 11.5 Å².